The van der Waals surface area contributed by atoms with Gasteiger partial charge in [-0.3, -0.25) is 9.88 Å². The van der Waals surface area contributed by atoms with Crippen molar-refractivity contribution in [1.29, 1.82) is 0 Å². The van der Waals surface area contributed by atoms with E-state index in [0.29, 0.717) is 6.61 Å². The molecule has 0 aliphatic carbocycles. The summed E-state index contributed by atoms with van der Waals surface area (Å²) in [6.45, 7) is 2.28. The van der Waals surface area contributed by atoms with Gasteiger partial charge in [0.1, 0.15) is 12.4 Å². The maximum absolute atomic E-state index is 5.78. The highest BCUT2D eigenvalue weighted by atomic mass is 79.9. The Morgan fingerprint density at radius 3 is 2.40 bits per heavy atom. The number of halogens is 1. The molecule has 0 fully saturated rings. The summed E-state index contributed by atoms with van der Waals surface area (Å²) in [5.41, 5.74) is 3.49. The van der Waals surface area contributed by atoms with Crippen LogP contribution in [0.25, 0.3) is 0 Å². The van der Waals surface area contributed by atoms with E-state index in [4.69, 9.17) is 4.74 Å². The van der Waals surface area contributed by atoms with Gasteiger partial charge in [-0.15, -0.1) is 0 Å². The first-order valence-corrected chi connectivity index (χ1v) is 9.03. The summed E-state index contributed by atoms with van der Waals surface area (Å²) in [4.78, 5) is 6.56. The number of pyridine rings is 1. The molecule has 1 aromatic heterocycles. The molecule has 0 unspecified atom stereocenters. The molecule has 0 aliphatic heterocycles. The van der Waals surface area contributed by atoms with Gasteiger partial charge in [0.05, 0.1) is 5.69 Å². The van der Waals surface area contributed by atoms with Gasteiger partial charge in [0.2, 0.25) is 0 Å². The summed E-state index contributed by atoms with van der Waals surface area (Å²) in [6.07, 6.45) is 1.78. The molecule has 0 bridgehead atoms. The lowest BCUT2D eigenvalue weighted by Crippen LogP contribution is -2.17. The molecule has 4 heteroatoms. The van der Waals surface area contributed by atoms with Crippen LogP contribution in [0.1, 0.15) is 16.8 Å². The Morgan fingerprint density at radius 1 is 0.920 bits per heavy atom. The lowest BCUT2D eigenvalue weighted by molar-refractivity contribution is 0.300. The van der Waals surface area contributed by atoms with Crippen LogP contribution in [0.3, 0.4) is 0 Å². The van der Waals surface area contributed by atoms with E-state index in [1.165, 1.54) is 11.1 Å². The zero-order valence-electron chi connectivity index (χ0n) is 14.2. The first kappa shape index (κ1) is 17.6. The first-order valence-electron chi connectivity index (χ1n) is 8.24. The average Bonchev–Trinajstić information content (AvgIpc) is 2.64. The van der Waals surface area contributed by atoms with Crippen molar-refractivity contribution in [2.45, 2.75) is 19.7 Å². The topological polar surface area (TPSA) is 25.4 Å². The highest BCUT2D eigenvalue weighted by molar-refractivity contribution is 9.10. The molecule has 3 rings (SSSR count). The molecule has 3 nitrogen and oxygen atoms in total. The number of rotatable bonds is 7. The largest absolute Gasteiger partial charge is 0.487 e. The maximum atomic E-state index is 5.78. The van der Waals surface area contributed by atoms with Gasteiger partial charge in [-0.25, -0.2) is 0 Å². The zero-order valence-corrected chi connectivity index (χ0v) is 15.8. The van der Waals surface area contributed by atoms with Gasteiger partial charge in [0.15, 0.2) is 0 Å². The van der Waals surface area contributed by atoms with Gasteiger partial charge in [-0.05, 0) is 48.5 Å². The molecule has 0 amide bonds. The Labute approximate surface area is 157 Å². The van der Waals surface area contributed by atoms with Gasteiger partial charge >= 0.3 is 0 Å². The minimum absolute atomic E-state index is 0.488. The van der Waals surface area contributed by atoms with E-state index in [9.17, 15) is 0 Å². The molecule has 0 aliphatic rings. The normalized spacial score (nSPS) is 10.8. The van der Waals surface area contributed by atoms with E-state index in [1.807, 2.05) is 36.4 Å². The van der Waals surface area contributed by atoms with Crippen molar-refractivity contribution in [3.8, 4) is 5.75 Å². The third-order valence-corrected chi connectivity index (χ3v) is 4.66. The molecule has 0 saturated carbocycles. The Balaban J connectivity index is 1.52. The quantitative estimate of drug-likeness (QED) is 0.558. The van der Waals surface area contributed by atoms with Crippen LogP contribution >= 0.6 is 15.9 Å². The van der Waals surface area contributed by atoms with Crippen molar-refractivity contribution in [1.82, 2.24) is 9.88 Å². The van der Waals surface area contributed by atoms with E-state index in [-0.39, 0.29) is 0 Å². The van der Waals surface area contributed by atoms with Gasteiger partial charge < -0.3 is 4.74 Å². The van der Waals surface area contributed by atoms with E-state index < -0.39 is 0 Å². The molecular weight excluding hydrogens is 376 g/mol. The fourth-order valence-electron chi connectivity index (χ4n) is 2.62. The lowest BCUT2D eigenvalue weighted by Gasteiger charge is -2.18. The Hall–Kier alpha value is -2.17. The van der Waals surface area contributed by atoms with Crippen molar-refractivity contribution >= 4 is 15.9 Å². The lowest BCUT2D eigenvalue weighted by atomic mass is 10.2. The molecular formula is C21H21BrN2O. The SMILES string of the molecule is CN(Cc1ccc(OCc2ccccn2)cc1)Cc1ccccc1Br. The molecule has 25 heavy (non-hydrogen) atoms. The van der Waals surface area contributed by atoms with Crippen molar-refractivity contribution in [3.05, 3.63) is 94.2 Å². The summed E-state index contributed by atoms with van der Waals surface area (Å²) < 4.78 is 6.93. The number of benzene rings is 2. The van der Waals surface area contributed by atoms with Crippen LogP contribution in [-0.4, -0.2) is 16.9 Å². The molecule has 1 heterocycles. The van der Waals surface area contributed by atoms with Crippen LogP contribution in [0.15, 0.2) is 77.4 Å². The maximum Gasteiger partial charge on any atom is 0.130 e. The molecule has 0 atom stereocenters. The van der Waals surface area contributed by atoms with E-state index >= 15 is 0 Å². The number of aromatic nitrogens is 1. The average molecular weight is 397 g/mol. The predicted octanol–water partition coefficient (Wildman–Crippen LogP) is 5.06. The van der Waals surface area contributed by atoms with Crippen LogP contribution in [0.5, 0.6) is 5.75 Å². The number of ether oxygens (including phenoxy) is 1. The highest BCUT2D eigenvalue weighted by Gasteiger charge is 2.05. The van der Waals surface area contributed by atoms with Crippen molar-refractivity contribution < 1.29 is 4.74 Å². The van der Waals surface area contributed by atoms with Crippen LogP contribution < -0.4 is 4.74 Å². The number of nitrogens with zero attached hydrogens (tertiary/aromatic N) is 2. The molecule has 0 N–H and O–H groups in total. The van der Waals surface area contributed by atoms with Gasteiger partial charge in [-0.1, -0.05) is 52.3 Å². The van der Waals surface area contributed by atoms with Crippen LogP contribution in [0, 0.1) is 0 Å². The fraction of sp³-hybridized carbons (Fsp3) is 0.190. The summed E-state index contributed by atoms with van der Waals surface area (Å²) in [6, 6.07) is 22.4. The second-order valence-electron chi connectivity index (χ2n) is 6.02. The van der Waals surface area contributed by atoms with Crippen LogP contribution in [-0.2, 0) is 19.7 Å². The summed E-state index contributed by atoms with van der Waals surface area (Å²) in [7, 11) is 2.13. The Kier molecular flexibility index (Phi) is 6.20. The second-order valence-corrected chi connectivity index (χ2v) is 6.87. The summed E-state index contributed by atoms with van der Waals surface area (Å²) in [5.74, 6) is 0.864. The van der Waals surface area contributed by atoms with Crippen molar-refractivity contribution in [2.24, 2.45) is 0 Å². The summed E-state index contributed by atoms with van der Waals surface area (Å²) in [5, 5.41) is 0. The summed E-state index contributed by atoms with van der Waals surface area (Å²) >= 11 is 3.61. The fourth-order valence-corrected chi connectivity index (χ4v) is 3.03. The zero-order chi connectivity index (χ0) is 17.5. The van der Waals surface area contributed by atoms with E-state index in [2.05, 4.69) is 63.2 Å². The van der Waals surface area contributed by atoms with E-state index in [1.54, 1.807) is 6.20 Å². The monoisotopic (exact) mass is 396 g/mol. The third kappa shape index (κ3) is 5.41. The van der Waals surface area contributed by atoms with Crippen molar-refractivity contribution in [3.63, 3.8) is 0 Å². The Bertz CT molecular complexity index is 791. The van der Waals surface area contributed by atoms with Crippen LogP contribution in [0.2, 0.25) is 0 Å². The minimum Gasteiger partial charge on any atom is -0.487 e. The number of hydrogen-bond acceptors (Lipinski definition) is 3. The smallest absolute Gasteiger partial charge is 0.130 e. The first-order chi connectivity index (χ1) is 12.2. The van der Waals surface area contributed by atoms with Crippen molar-refractivity contribution in [2.75, 3.05) is 7.05 Å². The predicted molar refractivity (Wildman–Crippen MR) is 104 cm³/mol. The van der Waals surface area contributed by atoms with Gasteiger partial charge in [0.25, 0.3) is 0 Å². The molecule has 0 saturated heterocycles. The molecule has 128 valence electrons. The Morgan fingerprint density at radius 2 is 1.68 bits per heavy atom. The molecule has 3 aromatic rings. The van der Waals surface area contributed by atoms with Crippen LogP contribution in [0.4, 0.5) is 0 Å². The molecule has 0 spiro atoms. The van der Waals surface area contributed by atoms with Gasteiger partial charge in [0, 0.05) is 23.8 Å². The van der Waals surface area contributed by atoms with E-state index in [0.717, 1.165) is 29.0 Å². The van der Waals surface area contributed by atoms with Gasteiger partial charge in [-0.2, -0.15) is 0 Å². The standard InChI is InChI=1S/C21H21BrN2O/c1-24(15-18-6-2-3-8-21(18)22)14-17-9-11-20(12-10-17)25-16-19-7-4-5-13-23-19/h2-13H,14-16H2,1H3. The second kappa shape index (κ2) is 8.79. The third-order valence-electron chi connectivity index (χ3n) is 3.89. The highest BCUT2D eigenvalue weighted by Crippen LogP contribution is 2.19. The minimum atomic E-state index is 0.488. The molecule has 0 radical (unpaired) electrons. The number of hydrogen-bond donors (Lipinski definition) is 0. The molecule has 2 aromatic carbocycles.